The van der Waals surface area contributed by atoms with Gasteiger partial charge in [-0.25, -0.2) is 4.44 Å². The monoisotopic (exact) mass is 488 g/mol. The summed E-state index contributed by atoms with van der Waals surface area (Å²) in [6.45, 7) is 0. The van der Waals surface area contributed by atoms with Crippen molar-refractivity contribution in [3.63, 3.8) is 0 Å². The number of rotatable bonds is 8. The molecule has 0 amide bonds. The van der Waals surface area contributed by atoms with Gasteiger partial charge in [-0.2, -0.15) is 0 Å². The van der Waals surface area contributed by atoms with Crippen LogP contribution in [0.15, 0.2) is 91.0 Å². The zero-order valence-corrected chi connectivity index (χ0v) is 22.0. The number of nitrogens with zero attached hydrogens (tertiary/aromatic N) is 1. The number of hydrogen-bond donors (Lipinski definition) is 1. The summed E-state index contributed by atoms with van der Waals surface area (Å²) in [5.41, 5.74) is 0. The molecule has 1 atom stereocenters. The van der Waals surface area contributed by atoms with Crippen LogP contribution >= 0.6 is 16.3 Å². The van der Waals surface area contributed by atoms with Crippen LogP contribution in [-0.4, -0.2) is 16.5 Å². The quantitative estimate of drug-likeness (QED) is 0.337. The van der Waals surface area contributed by atoms with E-state index in [9.17, 15) is 0 Å². The average molecular weight is 489 g/mol. The lowest BCUT2D eigenvalue weighted by Crippen LogP contribution is -2.42. The van der Waals surface area contributed by atoms with Gasteiger partial charge in [0.15, 0.2) is 0 Å². The third-order valence-electron chi connectivity index (χ3n) is 7.22. The minimum absolute atomic E-state index is 0.627. The molecule has 0 aliphatic heterocycles. The maximum atomic E-state index is 4.30. The Morgan fingerprint density at radius 3 is 1.47 bits per heavy atom. The molecule has 1 N–H and O–H groups in total. The van der Waals surface area contributed by atoms with Gasteiger partial charge in [-0.3, -0.25) is 5.09 Å². The Labute approximate surface area is 208 Å². The molecule has 0 bridgehead atoms. The van der Waals surface area contributed by atoms with Gasteiger partial charge < -0.3 is 0 Å². The highest BCUT2D eigenvalue weighted by molar-refractivity contribution is 7.81. The van der Waals surface area contributed by atoms with E-state index in [0.717, 1.165) is 0 Å². The Hall–Kier alpha value is -1.56. The van der Waals surface area contributed by atoms with Crippen LogP contribution in [0.4, 0.5) is 0 Å². The molecule has 2 aliphatic carbocycles. The van der Waals surface area contributed by atoms with E-state index < -0.39 is 16.3 Å². The minimum Gasteiger partial charge on any atom is -0.277 e. The van der Waals surface area contributed by atoms with Gasteiger partial charge in [0.2, 0.25) is 0 Å². The first-order valence-electron chi connectivity index (χ1n) is 13.2. The first kappa shape index (κ1) is 24.1. The molecule has 3 aromatic rings. The predicted octanol–water partition coefficient (Wildman–Crippen LogP) is 7.23. The Bertz CT molecular complexity index is 931. The molecule has 3 aromatic carbocycles. The molecule has 2 fully saturated rings. The SMILES string of the molecule is c1ccc(P(NC2CCCCC2)N(C2CCCCC2)P(c2ccccc2)c2ccccc2)cc1. The molecular formula is C30H38N2P2. The molecule has 0 spiro atoms. The van der Waals surface area contributed by atoms with Crippen LogP contribution < -0.4 is 21.0 Å². The van der Waals surface area contributed by atoms with E-state index >= 15 is 0 Å². The van der Waals surface area contributed by atoms with Gasteiger partial charge in [-0.15, -0.1) is 0 Å². The van der Waals surface area contributed by atoms with Gasteiger partial charge in [-0.1, -0.05) is 130 Å². The Morgan fingerprint density at radius 2 is 0.971 bits per heavy atom. The third-order valence-corrected chi connectivity index (χ3v) is 12.7. The maximum absolute atomic E-state index is 4.30. The van der Waals surface area contributed by atoms with E-state index in [4.69, 9.17) is 0 Å². The molecule has 178 valence electrons. The van der Waals surface area contributed by atoms with Gasteiger partial charge in [0.25, 0.3) is 0 Å². The van der Waals surface area contributed by atoms with Crippen molar-refractivity contribution in [3.8, 4) is 0 Å². The summed E-state index contributed by atoms with van der Waals surface area (Å²) in [5, 5.41) is 8.73. The topological polar surface area (TPSA) is 15.3 Å². The van der Waals surface area contributed by atoms with Crippen molar-refractivity contribution >= 4 is 32.2 Å². The smallest absolute Gasteiger partial charge is 0.0744 e. The second-order valence-electron chi connectivity index (χ2n) is 9.71. The van der Waals surface area contributed by atoms with E-state index in [-0.39, 0.29) is 0 Å². The van der Waals surface area contributed by atoms with Gasteiger partial charge >= 0.3 is 0 Å². The van der Waals surface area contributed by atoms with Crippen molar-refractivity contribution in [1.82, 2.24) is 9.53 Å². The van der Waals surface area contributed by atoms with E-state index in [1.807, 2.05) is 0 Å². The summed E-state index contributed by atoms with van der Waals surface area (Å²) >= 11 is 0. The van der Waals surface area contributed by atoms with Gasteiger partial charge in [0, 0.05) is 25.5 Å². The fraction of sp³-hybridized carbons (Fsp3) is 0.400. The molecule has 0 aromatic heterocycles. The zero-order chi connectivity index (χ0) is 23.0. The molecule has 2 saturated carbocycles. The summed E-state index contributed by atoms with van der Waals surface area (Å²) in [6.07, 6.45) is 13.5. The molecule has 0 heterocycles. The molecule has 1 unspecified atom stereocenters. The van der Waals surface area contributed by atoms with Crippen LogP contribution in [-0.2, 0) is 0 Å². The average Bonchev–Trinajstić information content (AvgIpc) is 2.93. The van der Waals surface area contributed by atoms with Crippen LogP contribution in [0, 0.1) is 0 Å². The standard InChI is InChI=1S/C30H38N2P2/c1-6-16-26(17-7-1)31-34(30-24-14-5-15-25-30)32(27-18-8-2-9-19-27)33(28-20-10-3-11-21-28)29-22-12-4-13-23-29/h3-5,10-15,20-27,31H,1-2,6-9,16-19H2. The van der Waals surface area contributed by atoms with Gasteiger partial charge in [0.1, 0.15) is 0 Å². The van der Waals surface area contributed by atoms with Crippen molar-refractivity contribution in [2.75, 3.05) is 0 Å². The molecule has 34 heavy (non-hydrogen) atoms. The lowest BCUT2D eigenvalue weighted by molar-refractivity contribution is 0.348. The van der Waals surface area contributed by atoms with Crippen molar-refractivity contribution < 1.29 is 0 Å². The highest BCUT2D eigenvalue weighted by Gasteiger charge is 2.37. The van der Waals surface area contributed by atoms with Gasteiger partial charge in [0.05, 0.1) is 8.22 Å². The van der Waals surface area contributed by atoms with Crippen molar-refractivity contribution in [1.29, 1.82) is 0 Å². The fourth-order valence-electron chi connectivity index (χ4n) is 5.48. The van der Waals surface area contributed by atoms with E-state index in [2.05, 4.69) is 101 Å². The second-order valence-corrected chi connectivity index (χ2v) is 13.9. The van der Waals surface area contributed by atoms with Crippen LogP contribution in [0.1, 0.15) is 64.2 Å². The fourth-order valence-corrected chi connectivity index (χ4v) is 11.6. The lowest BCUT2D eigenvalue weighted by Gasteiger charge is -2.46. The highest BCUT2D eigenvalue weighted by atomic mass is 31.2. The zero-order valence-electron chi connectivity index (χ0n) is 20.2. The van der Waals surface area contributed by atoms with Crippen molar-refractivity contribution in [2.45, 2.75) is 76.3 Å². The summed E-state index contributed by atoms with van der Waals surface area (Å²) < 4.78 is 3.00. The molecule has 2 nitrogen and oxygen atoms in total. The Balaban J connectivity index is 1.62. The number of benzene rings is 3. The van der Waals surface area contributed by atoms with Crippen LogP contribution in [0.5, 0.6) is 0 Å². The summed E-state index contributed by atoms with van der Waals surface area (Å²) in [4.78, 5) is 0. The van der Waals surface area contributed by atoms with Crippen LogP contribution in [0.2, 0.25) is 0 Å². The molecule has 2 aliphatic rings. The van der Waals surface area contributed by atoms with Crippen LogP contribution in [0.3, 0.4) is 0 Å². The summed E-state index contributed by atoms with van der Waals surface area (Å²) in [5.74, 6) is 0. The highest BCUT2D eigenvalue weighted by Crippen LogP contribution is 2.57. The third kappa shape index (κ3) is 5.98. The van der Waals surface area contributed by atoms with E-state index in [1.165, 1.54) is 80.1 Å². The Kier molecular flexibility index (Phi) is 8.82. The number of hydrogen-bond acceptors (Lipinski definition) is 2. The molecule has 5 rings (SSSR count). The second kappa shape index (κ2) is 12.4. The molecule has 4 heteroatoms. The molecular weight excluding hydrogens is 450 g/mol. The predicted molar refractivity (Wildman–Crippen MR) is 151 cm³/mol. The van der Waals surface area contributed by atoms with E-state index in [1.54, 1.807) is 0 Å². The van der Waals surface area contributed by atoms with Crippen molar-refractivity contribution in [3.05, 3.63) is 91.0 Å². The van der Waals surface area contributed by atoms with Crippen molar-refractivity contribution in [2.24, 2.45) is 0 Å². The number of nitrogens with one attached hydrogen (secondary N) is 1. The van der Waals surface area contributed by atoms with Crippen LogP contribution in [0.25, 0.3) is 0 Å². The van der Waals surface area contributed by atoms with Gasteiger partial charge in [-0.05, 0) is 36.3 Å². The first-order chi connectivity index (χ1) is 16.9. The first-order valence-corrected chi connectivity index (χ1v) is 15.8. The summed E-state index contributed by atoms with van der Waals surface area (Å²) in [6, 6.07) is 35.4. The summed E-state index contributed by atoms with van der Waals surface area (Å²) in [7, 11) is -1.27. The Morgan fingerprint density at radius 1 is 0.529 bits per heavy atom. The largest absolute Gasteiger partial charge is 0.277 e. The lowest BCUT2D eigenvalue weighted by atomic mass is 9.96. The molecule has 0 saturated heterocycles. The van der Waals surface area contributed by atoms with E-state index in [0.29, 0.717) is 12.1 Å². The molecule has 0 radical (unpaired) electrons. The maximum Gasteiger partial charge on any atom is 0.0744 e. The minimum atomic E-state index is -0.639. The normalized spacial score (nSPS) is 18.9.